The third kappa shape index (κ3) is 6.44. The number of amides is 2. The van der Waals surface area contributed by atoms with Gasteiger partial charge in [-0.1, -0.05) is 42.0 Å². The fraction of sp³-hybridized carbons (Fsp3) is 0.286. The SMILES string of the molecule is CNC(=O)C(C)N(Cc1cccc(C)c1)C(=O)CN(c1ccccc1OC)S(=O)(=O)c1ccc(OC)cc1. The summed E-state index contributed by atoms with van der Waals surface area (Å²) >= 11 is 0. The second-order valence-electron chi connectivity index (χ2n) is 8.66. The lowest BCUT2D eigenvalue weighted by atomic mass is 10.1. The highest BCUT2D eigenvalue weighted by molar-refractivity contribution is 7.92. The van der Waals surface area contributed by atoms with Crippen molar-refractivity contribution in [3.8, 4) is 11.5 Å². The number of nitrogens with one attached hydrogen (secondary N) is 1. The molecule has 0 radical (unpaired) electrons. The summed E-state index contributed by atoms with van der Waals surface area (Å²) in [7, 11) is 0.181. The van der Waals surface area contributed by atoms with E-state index in [2.05, 4.69) is 5.32 Å². The van der Waals surface area contributed by atoms with Crippen LogP contribution in [0.5, 0.6) is 11.5 Å². The molecule has 0 saturated heterocycles. The molecule has 3 aromatic carbocycles. The number of hydrogen-bond donors (Lipinski definition) is 1. The molecule has 202 valence electrons. The van der Waals surface area contributed by atoms with Crippen molar-refractivity contribution < 1.29 is 27.5 Å². The number of nitrogens with zero attached hydrogens (tertiary/aromatic N) is 2. The molecule has 1 N–H and O–H groups in total. The molecule has 0 saturated carbocycles. The lowest BCUT2D eigenvalue weighted by Crippen LogP contribution is -2.50. The number of methoxy groups -OCH3 is 2. The zero-order chi connectivity index (χ0) is 27.9. The van der Waals surface area contributed by atoms with Crippen molar-refractivity contribution in [2.24, 2.45) is 0 Å². The van der Waals surface area contributed by atoms with E-state index in [1.165, 1.54) is 50.4 Å². The van der Waals surface area contributed by atoms with Crippen molar-refractivity contribution in [3.05, 3.63) is 83.9 Å². The first kappa shape index (κ1) is 28.5. The zero-order valence-electron chi connectivity index (χ0n) is 22.2. The fourth-order valence-electron chi connectivity index (χ4n) is 4.02. The molecular formula is C28H33N3O6S. The van der Waals surface area contributed by atoms with E-state index in [-0.39, 0.29) is 28.8 Å². The Labute approximate surface area is 224 Å². The number of carbonyl (C=O) groups is 2. The Kier molecular flexibility index (Phi) is 9.35. The highest BCUT2D eigenvalue weighted by Crippen LogP contribution is 2.33. The third-order valence-electron chi connectivity index (χ3n) is 6.13. The van der Waals surface area contributed by atoms with E-state index < -0.39 is 28.5 Å². The predicted octanol–water partition coefficient (Wildman–Crippen LogP) is 3.37. The van der Waals surface area contributed by atoms with Crippen LogP contribution in [0.15, 0.2) is 77.7 Å². The van der Waals surface area contributed by atoms with Crippen molar-refractivity contribution in [3.63, 3.8) is 0 Å². The summed E-state index contributed by atoms with van der Waals surface area (Å²) in [6.07, 6.45) is 0. The molecule has 0 aromatic heterocycles. The van der Waals surface area contributed by atoms with Gasteiger partial charge in [-0.25, -0.2) is 8.42 Å². The van der Waals surface area contributed by atoms with Crippen LogP contribution in [0.1, 0.15) is 18.1 Å². The molecule has 0 spiro atoms. The summed E-state index contributed by atoms with van der Waals surface area (Å²) in [5.41, 5.74) is 2.01. The number of sulfonamides is 1. The third-order valence-corrected chi connectivity index (χ3v) is 7.90. The van der Waals surface area contributed by atoms with Crippen LogP contribution in [0.4, 0.5) is 5.69 Å². The minimum Gasteiger partial charge on any atom is -0.497 e. The molecular weight excluding hydrogens is 506 g/mol. The number of anilines is 1. The van der Waals surface area contributed by atoms with Crippen LogP contribution in [0, 0.1) is 6.92 Å². The molecule has 0 fully saturated rings. The smallest absolute Gasteiger partial charge is 0.264 e. The number of aryl methyl sites for hydroxylation is 1. The van der Waals surface area contributed by atoms with Gasteiger partial charge in [0.05, 0.1) is 24.8 Å². The van der Waals surface area contributed by atoms with Gasteiger partial charge in [0.15, 0.2) is 0 Å². The van der Waals surface area contributed by atoms with Gasteiger partial charge >= 0.3 is 0 Å². The van der Waals surface area contributed by atoms with E-state index >= 15 is 0 Å². The van der Waals surface area contributed by atoms with Crippen LogP contribution in [0.2, 0.25) is 0 Å². The molecule has 9 nitrogen and oxygen atoms in total. The average Bonchev–Trinajstić information content (AvgIpc) is 2.93. The zero-order valence-corrected chi connectivity index (χ0v) is 23.0. The van der Waals surface area contributed by atoms with Gasteiger partial charge < -0.3 is 19.7 Å². The Hall–Kier alpha value is -4.05. The van der Waals surface area contributed by atoms with Gasteiger partial charge in [-0.05, 0) is 55.8 Å². The first-order valence-electron chi connectivity index (χ1n) is 12.0. The lowest BCUT2D eigenvalue weighted by Gasteiger charge is -2.32. The number of rotatable bonds is 11. The van der Waals surface area contributed by atoms with Gasteiger partial charge in [-0.3, -0.25) is 13.9 Å². The van der Waals surface area contributed by atoms with E-state index in [0.717, 1.165) is 15.4 Å². The number of hydrogen-bond acceptors (Lipinski definition) is 6. The minimum atomic E-state index is -4.22. The maximum absolute atomic E-state index is 13.9. The van der Waals surface area contributed by atoms with E-state index in [0.29, 0.717) is 5.75 Å². The Morgan fingerprint density at radius 2 is 1.63 bits per heavy atom. The maximum Gasteiger partial charge on any atom is 0.264 e. The summed E-state index contributed by atoms with van der Waals surface area (Å²) in [5.74, 6) is -0.145. The van der Waals surface area contributed by atoms with E-state index in [4.69, 9.17) is 9.47 Å². The first-order chi connectivity index (χ1) is 18.1. The predicted molar refractivity (Wildman–Crippen MR) is 146 cm³/mol. The van der Waals surface area contributed by atoms with Gasteiger partial charge in [0.1, 0.15) is 24.1 Å². The number of ether oxygens (including phenoxy) is 2. The van der Waals surface area contributed by atoms with Crippen LogP contribution >= 0.6 is 0 Å². The molecule has 0 aliphatic heterocycles. The Bertz CT molecular complexity index is 1380. The van der Waals surface area contributed by atoms with Crippen molar-refractivity contribution in [1.82, 2.24) is 10.2 Å². The molecule has 0 bridgehead atoms. The van der Waals surface area contributed by atoms with Gasteiger partial charge in [-0.2, -0.15) is 0 Å². The molecule has 2 amide bonds. The highest BCUT2D eigenvalue weighted by atomic mass is 32.2. The maximum atomic E-state index is 13.9. The molecule has 1 unspecified atom stereocenters. The number of likely N-dealkylation sites (N-methyl/N-ethyl adjacent to an activating group) is 1. The van der Waals surface area contributed by atoms with Crippen LogP contribution in [0.3, 0.4) is 0 Å². The quantitative estimate of drug-likeness (QED) is 0.401. The molecule has 3 aromatic rings. The molecule has 0 aliphatic carbocycles. The summed E-state index contributed by atoms with van der Waals surface area (Å²) in [6, 6.07) is 19.2. The number of benzene rings is 3. The number of carbonyl (C=O) groups excluding carboxylic acids is 2. The summed E-state index contributed by atoms with van der Waals surface area (Å²) in [4.78, 5) is 27.8. The fourth-order valence-corrected chi connectivity index (χ4v) is 5.45. The summed E-state index contributed by atoms with van der Waals surface area (Å²) < 4.78 is 39.4. The normalized spacial score (nSPS) is 11.8. The molecule has 38 heavy (non-hydrogen) atoms. The van der Waals surface area contributed by atoms with Gasteiger partial charge in [-0.15, -0.1) is 0 Å². The Morgan fingerprint density at radius 1 is 0.947 bits per heavy atom. The molecule has 1 atom stereocenters. The Balaban J connectivity index is 2.07. The van der Waals surface area contributed by atoms with E-state index in [9.17, 15) is 18.0 Å². The average molecular weight is 540 g/mol. The van der Waals surface area contributed by atoms with Crippen molar-refractivity contribution in [2.75, 3.05) is 32.1 Å². The molecule has 0 heterocycles. The largest absolute Gasteiger partial charge is 0.497 e. The minimum absolute atomic E-state index is 0.0263. The topological polar surface area (TPSA) is 105 Å². The molecule has 0 aliphatic rings. The lowest BCUT2D eigenvalue weighted by molar-refractivity contribution is -0.139. The van der Waals surface area contributed by atoms with Crippen LogP contribution in [-0.2, 0) is 26.2 Å². The Morgan fingerprint density at radius 3 is 2.24 bits per heavy atom. The second kappa shape index (κ2) is 12.5. The van der Waals surface area contributed by atoms with E-state index in [1.54, 1.807) is 31.2 Å². The summed E-state index contributed by atoms with van der Waals surface area (Å²) in [5, 5.41) is 2.57. The summed E-state index contributed by atoms with van der Waals surface area (Å²) in [6.45, 7) is 3.11. The molecule has 3 rings (SSSR count). The highest BCUT2D eigenvalue weighted by Gasteiger charge is 2.33. The monoisotopic (exact) mass is 539 g/mol. The van der Waals surface area contributed by atoms with Crippen molar-refractivity contribution >= 4 is 27.5 Å². The van der Waals surface area contributed by atoms with Crippen molar-refractivity contribution in [1.29, 1.82) is 0 Å². The first-order valence-corrected chi connectivity index (χ1v) is 13.4. The van der Waals surface area contributed by atoms with E-state index in [1.807, 2.05) is 31.2 Å². The van der Waals surface area contributed by atoms with Crippen LogP contribution in [0.25, 0.3) is 0 Å². The van der Waals surface area contributed by atoms with Crippen LogP contribution in [-0.4, -0.2) is 59.0 Å². The van der Waals surface area contributed by atoms with Crippen LogP contribution < -0.4 is 19.1 Å². The van der Waals surface area contributed by atoms with Gasteiger partial charge in [0.2, 0.25) is 11.8 Å². The standard InChI is InChI=1S/C28H33N3O6S/c1-20-9-8-10-22(17-20)18-30(21(2)28(33)29-3)27(32)19-31(25-11-6-7-12-26(25)37-5)38(34,35)24-15-13-23(36-4)14-16-24/h6-17,21H,18-19H2,1-5H3,(H,29,33). The van der Waals surface area contributed by atoms with Gasteiger partial charge in [0, 0.05) is 13.6 Å². The second-order valence-corrected chi connectivity index (χ2v) is 10.5. The number of para-hydroxylation sites is 2. The molecule has 10 heteroatoms. The van der Waals surface area contributed by atoms with Crippen molar-refractivity contribution in [2.45, 2.75) is 31.3 Å². The van der Waals surface area contributed by atoms with Gasteiger partial charge in [0.25, 0.3) is 10.0 Å².